The van der Waals surface area contributed by atoms with Gasteiger partial charge < -0.3 is 15.0 Å². The quantitative estimate of drug-likeness (QED) is 0.768. The van der Waals surface area contributed by atoms with Gasteiger partial charge in [-0.3, -0.25) is 0 Å². The predicted molar refractivity (Wildman–Crippen MR) is 56.1 cm³/mol. The van der Waals surface area contributed by atoms with E-state index in [4.69, 9.17) is 4.74 Å². The van der Waals surface area contributed by atoms with Gasteiger partial charge >= 0.3 is 0 Å². The molecule has 3 nitrogen and oxygen atoms in total. The highest BCUT2D eigenvalue weighted by molar-refractivity contribution is 5.03. The maximum Gasteiger partial charge on any atom is 0.0561 e. The van der Waals surface area contributed by atoms with Gasteiger partial charge in [-0.2, -0.15) is 0 Å². The van der Waals surface area contributed by atoms with Crippen LogP contribution in [0.5, 0.6) is 0 Å². The number of hydrogen-bond acceptors (Lipinski definition) is 2. The SMILES string of the molecule is CC1CC(NCc2ccc[nH]2)CCO1. The van der Waals surface area contributed by atoms with Gasteiger partial charge in [0.1, 0.15) is 0 Å². The Hall–Kier alpha value is -0.800. The Morgan fingerprint density at radius 2 is 2.57 bits per heavy atom. The summed E-state index contributed by atoms with van der Waals surface area (Å²) >= 11 is 0. The first-order valence-corrected chi connectivity index (χ1v) is 5.32. The Morgan fingerprint density at radius 1 is 1.64 bits per heavy atom. The number of nitrogens with one attached hydrogen (secondary N) is 2. The molecule has 0 spiro atoms. The van der Waals surface area contributed by atoms with E-state index in [1.165, 1.54) is 5.69 Å². The largest absolute Gasteiger partial charge is 0.378 e. The summed E-state index contributed by atoms with van der Waals surface area (Å²) in [4.78, 5) is 3.19. The van der Waals surface area contributed by atoms with Crippen molar-refractivity contribution in [2.75, 3.05) is 6.61 Å². The van der Waals surface area contributed by atoms with E-state index in [0.29, 0.717) is 12.1 Å². The van der Waals surface area contributed by atoms with Gasteiger partial charge in [0.05, 0.1) is 6.10 Å². The number of aromatic nitrogens is 1. The van der Waals surface area contributed by atoms with Crippen LogP contribution in [0.3, 0.4) is 0 Å². The Labute approximate surface area is 84.9 Å². The minimum absolute atomic E-state index is 0.407. The molecule has 2 atom stereocenters. The van der Waals surface area contributed by atoms with Crippen molar-refractivity contribution in [2.45, 2.75) is 38.5 Å². The lowest BCUT2D eigenvalue weighted by atomic mass is 10.0. The third-order valence-corrected chi connectivity index (χ3v) is 2.73. The molecule has 78 valence electrons. The van der Waals surface area contributed by atoms with Crippen molar-refractivity contribution in [2.24, 2.45) is 0 Å². The molecular weight excluding hydrogens is 176 g/mol. The van der Waals surface area contributed by atoms with Crippen LogP contribution in [0.25, 0.3) is 0 Å². The second kappa shape index (κ2) is 4.62. The van der Waals surface area contributed by atoms with Crippen LogP contribution in [-0.4, -0.2) is 23.7 Å². The zero-order valence-corrected chi connectivity index (χ0v) is 8.62. The van der Waals surface area contributed by atoms with Gasteiger partial charge in [-0.25, -0.2) is 0 Å². The predicted octanol–water partition coefficient (Wildman–Crippen LogP) is 1.67. The number of H-pyrrole nitrogens is 1. The van der Waals surface area contributed by atoms with Gasteiger partial charge in [0.25, 0.3) is 0 Å². The van der Waals surface area contributed by atoms with Gasteiger partial charge in [-0.1, -0.05) is 0 Å². The van der Waals surface area contributed by atoms with Crippen LogP contribution in [0.15, 0.2) is 18.3 Å². The molecule has 2 rings (SSSR count). The molecule has 0 saturated carbocycles. The minimum Gasteiger partial charge on any atom is -0.378 e. The van der Waals surface area contributed by atoms with Gasteiger partial charge in [-0.05, 0) is 31.9 Å². The van der Waals surface area contributed by atoms with Crippen molar-refractivity contribution < 1.29 is 4.74 Å². The number of aromatic amines is 1. The molecule has 1 aliphatic heterocycles. The molecule has 1 aliphatic rings. The molecule has 14 heavy (non-hydrogen) atoms. The zero-order chi connectivity index (χ0) is 9.80. The molecular formula is C11H18N2O. The first kappa shape index (κ1) is 9.74. The molecule has 1 saturated heterocycles. The van der Waals surface area contributed by atoms with Crippen LogP contribution in [0.4, 0.5) is 0 Å². The summed E-state index contributed by atoms with van der Waals surface area (Å²) in [6.45, 7) is 3.97. The van der Waals surface area contributed by atoms with Crippen molar-refractivity contribution in [1.29, 1.82) is 0 Å². The second-order valence-corrected chi connectivity index (χ2v) is 3.98. The standard InChI is InChI=1S/C11H18N2O/c1-9-7-10(4-6-14-9)13-8-11-3-2-5-12-11/h2-3,5,9-10,12-13H,4,6-8H2,1H3. The Balaban J connectivity index is 1.75. The van der Waals surface area contributed by atoms with Crippen molar-refractivity contribution in [3.05, 3.63) is 24.0 Å². The highest BCUT2D eigenvalue weighted by atomic mass is 16.5. The molecule has 0 aliphatic carbocycles. The van der Waals surface area contributed by atoms with Crippen molar-refractivity contribution >= 4 is 0 Å². The smallest absolute Gasteiger partial charge is 0.0561 e. The van der Waals surface area contributed by atoms with Crippen LogP contribution in [0.2, 0.25) is 0 Å². The number of hydrogen-bond donors (Lipinski definition) is 2. The molecule has 0 bridgehead atoms. The molecule has 1 aromatic heterocycles. The molecule has 2 heterocycles. The minimum atomic E-state index is 0.407. The molecule has 2 N–H and O–H groups in total. The molecule has 2 unspecified atom stereocenters. The Morgan fingerprint density at radius 3 is 3.29 bits per heavy atom. The normalized spacial score (nSPS) is 27.8. The Kier molecular flexibility index (Phi) is 3.22. The fourth-order valence-electron chi connectivity index (χ4n) is 1.92. The van der Waals surface area contributed by atoms with Crippen LogP contribution < -0.4 is 5.32 Å². The summed E-state index contributed by atoms with van der Waals surface area (Å²) in [7, 11) is 0. The number of rotatable bonds is 3. The molecule has 1 aromatic rings. The molecule has 0 radical (unpaired) electrons. The van der Waals surface area contributed by atoms with E-state index in [0.717, 1.165) is 26.0 Å². The summed E-state index contributed by atoms with van der Waals surface area (Å²) in [5.74, 6) is 0. The lowest BCUT2D eigenvalue weighted by molar-refractivity contribution is 0.0130. The van der Waals surface area contributed by atoms with E-state index in [2.05, 4.69) is 23.3 Å². The highest BCUT2D eigenvalue weighted by Crippen LogP contribution is 2.13. The van der Waals surface area contributed by atoms with Crippen LogP contribution in [-0.2, 0) is 11.3 Å². The molecule has 0 amide bonds. The maximum absolute atomic E-state index is 5.50. The molecule has 3 heteroatoms. The summed E-state index contributed by atoms with van der Waals surface area (Å²) in [6, 6.07) is 4.75. The first-order valence-electron chi connectivity index (χ1n) is 5.32. The summed E-state index contributed by atoms with van der Waals surface area (Å²) in [6.07, 6.45) is 4.62. The third kappa shape index (κ3) is 2.59. The maximum atomic E-state index is 5.50. The highest BCUT2D eigenvalue weighted by Gasteiger charge is 2.18. The fraction of sp³-hybridized carbons (Fsp3) is 0.636. The van der Waals surface area contributed by atoms with E-state index in [-0.39, 0.29) is 0 Å². The van der Waals surface area contributed by atoms with E-state index >= 15 is 0 Å². The average molecular weight is 194 g/mol. The van der Waals surface area contributed by atoms with Crippen molar-refractivity contribution in [3.8, 4) is 0 Å². The lowest BCUT2D eigenvalue weighted by Crippen LogP contribution is -2.37. The van der Waals surface area contributed by atoms with E-state index in [1.807, 2.05) is 12.3 Å². The van der Waals surface area contributed by atoms with Crippen LogP contribution in [0, 0.1) is 0 Å². The molecule has 1 fully saturated rings. The molecule has 0 aromatic carbocycles. The van der Waals surface area contributed by atoms with Crippen molar-refractivity contribution in [1.82, 2.24) is 10.3 Å². The summed E-state index contributed by atoms with van der Waals surface area (Å²) < 4.78 is 5.50. The van der Waals surface area contributed by atoms with Gasteiger partial charge in [0.15, 0.2) is 0 Å². The van der Waals surface area contributed by atoms with Gasteiger partial charge in [0, 0.05) is 31.1 Å². The van der Waals surface area contributed by atoms with Gasteiger partial charge in [-0.15, -0.1) is 0 Å². The fourth-order valence-corrected chi connectivity index (χ4v) is 1.92. The second-order valence-electron chi connectivity index (χ2n) is 3.98. The average Bonchev–Trinajstić information content (AvgIpc) is 2.67. The van der Waals surface area contributed by atoms with E-state index < -0.39 is 0 Å². The van der Waals surface area contributed by atoms with Crippen LogP contribution >= 0.6 is 0 Å². The van der Waals surface area contributed by atoms with Gasteiger partial charge in [0.2, 0.25) is 0 Å². The monoisotopic (exact) mass is 194 g/mol. The lowest BCUT2D eigenvalue weighted by Gasteiger charge is -2.27. The van der Waals surface area contributed by atoms with Crippen LogP contribution in [0.1, 0.15) is 25.5 Å². The summed E-state index contributed by atoms with van der Waals surface area (Å²) in [5.41, 5.74) is 1.25. The number of ether oxygens (including phenoxy) is 1. The van der Waals surface area contributed by atoms with E-state index in [9.17, 15) is 0 Å². The van der Waals surface area contributed by atoms with Crippen molar-refractivity contribution in [3.63, 3.8) is 0 Å². The summed E-state index contributed by atoms with van der Waals surface area (Å²) in [5, 5.41) is 3.54. The topological polar surface area (TPSA) is 37.0 Å². The van der Waals surface area contributed by atoms with E-state index in [1.54, 1.807) is 0 Å². The third-order valence-electron chi connectivity index (χ3n) is 2.73. The zero-order valence-electron chi connectivity index (χ0n) is 8.62. The first-order chi connectivity index (χ1) is 6.84. The Bertz CT molecular complexity index is 258.